The zero-order valence-corrected chi connectivity index (χ0v) is 7.76. The van der Waals surface area contributed by atoms with Gasteiger partial charge in [-0.25, -0.2) is 9.59 Å². The molecular formula is C10H4O6. The number of hydrogen-bond donors (Lipinski definition) is 0. The molecule has 0 bridgehead atoms. The van der Waals surface area contributed by atoms with Gasteiger partial charge in [0.2, 0.25) is 0 Å². The Hall–Kier alpha value is -2.24. The molecule has 0 aromatic carbocycles. The van der Waals surface area contributed by atoms with Gasteiger partial charge in [-0.1, -0.05) is 12.2 Å². The van der Waals surface area contributed by atoms with E-state index in [4.69, 9.17) is 0 Å². The summed E-state index contributed by atoms with van der Waals surface area (Å²) in [7, 11) is 0. The molecule has 3 aliphatic rings. The van der Waals surface area contributed by atoms with Crippen LogP contribution >= 0.6 is 0 Å². The summed E-state index contributed by atoms with van der Waals surface area (Å²) in [6.45, 7) is 0. The molecule has 3 rings (SSSR count). The van der Waals surface area contributed by atoms with Gasteiger partial charge in [0.15, 0.2) is 0 Å². The lowest BCUT2D eigenvalue weighted by atomic mass is 9.84. The van der Waals surface area contributed by atoms with Crippen LogP contribution in [0.2, 0.25) is 0 Å². The normalized spacial score (nSPS) is 31.5. The smallest absolute Gasteiger partial charge is 0.346 e. The third-order valence-corrected chi connectivity index (χ3v) is 2.74. The van der Waals surface area contributed by atoms with E-state index in [9.17, 15) is 19.2 Å². The van der Waals surface area contributed by atoms with Gasteiger partial charge >= 0.3 is 23.9 Å². The van der Waals surface area contributed by atoms with Crippen molar-refractivity contribution in [2.45, 2.75) is 0 Å². The molecule has 6 heteroatoms. The molecule has 0 amide bonds. The SMILES string of the molecule is O=C1OC(=O)C2=CC3C(=O)OC(=O)C3C=C12. The first-order chi connectivity index (χ1) is 7.58. The molecule has 0 aromatic heterocycles. The van der Waals surface area contributed by atoms with E-state index in [0.717, 1.165) is 0 Å². The monoisotopic (exact) mass is 220 g/mol. The molecule has 0 spiro atoms. The van der Waals surface area contributed by atoms with Crippen LogP contribution in [0.4, 0.5) is 0 Å². The molecule has 16 heavy (non-hydrogen) atoms. The summed E-state index contributed by atoms with van der Waals surface area (Å²) in [5, 5.41) is 0. The van der Waals surface area contributed by atoms with Crippen molar-refractivity contribution in [1.82, 2.24) is 0 Å². The second-order valence-electron chi connectivity index (χ2n) is 3.63. The minimum Gasteiger partial charge on any atom is -0.392 e. The van der Waals surface area contributed by atoms with Crippen LogP contribution < -0.4 is 0 Å². The fraction of sp³-hybridized carbons (Fsp3) is 0.200. The molecule has 2 atom stereocenters. The highest BCUT2D eigenvalue weighted by Crippen LogP contribution is 2.37. The van der Waals surface area contributed by atoms with E-state index in [1.807, 2.05) is 0 Å². The van der Waals surface area contributed by atoms with Crippen LogP contribution in [0.5, 0.6) is 0 Å². The molecule has 1 aliphatic carbocycles. The molecule has 2 aliphatic heterocycles. The van der Waals surface area contributed by atoms with Crippen LogP contribution in [0.3, 0.4) is 0 Å². The van der Waals surface area contributed by atoms with Gasteiger partial charge in [-0.2, -0.15) is 0 Å². The number of rotatable bonds is 0. The van der Waals surface area contributed by atoms with Crippen molar-refractivity contribution in [3.8, 4) is 0 Å². The Bertz CT molecular complexity index is 477. The van der Waals surface area contributed by atoms with Crippen molar-refractivity contribution < 1.29 is 28.7 Å². The lowest BCUT2D eigenvalue weighted by Crippen LogP contribution is -2.19. The quantitative estimate of drug-likeness (QED) is 0.394. The molecule has 0 radical (unpaired) electrons. The summed E-state index contributed by atoms with van der Waals surface area (Å²) in [6.07, 6.45) is 2.53. The maximum atomic E-state index is 11.2. The third-order valence-electron chi connectivity index (χ3n) is 2.74. The van der Waals surface area contributed by atoms with Gasteiger partial charge in [-0.15, -0.1) is 0 Å². The first-order valence-corrected chi connectivity index (χ1v) is 4.54. The van der Waals surface area contributed by atoms with E-state index < -0.39 is 35.7 Å². The Kier molecular flexibility index (Phi) is 1.50. The van der Waals surface area contributed by atoms with Crippen LogP contribution in [-0.4, -0.2) is 23.9 Å². The van der Waals surface area contributed by atoms with Crippen molar-refractivity contribution in [3.05, 3.63) is 23.3 Å². The van der Waals surface area contributed by atoms with Gasteiger partial charge in [0.25, 0.3) is 0 Å². The average molecular weight is 220 g/mol. The van der Waals surface area contributed by atoms with Crippen molar-refractivity contribution in [2.75, 3.05) is 0 Å². The van der Waals surface area contributed by atoms with E-state index in [0.29, 0.717) is 0 Å². The third kappa shape index (κ3) is 0.955. The fourth-order valence-electron chi connectivity index (χ4n) is 1.96. The minimum atomic E-state index is -0.815. The van der Waals surface area contributed by atoms with Gasteiger partial charge in [-0.05, 0) is 0 Å². The molecule has 6 nitrogen and oxygen atoms in total. The summed E-state index contributed by atoms with van der Waals surface area (Å²) in [5.41, 5.74) is 0.0794. The molecule has 0 saturated carbocycles. The van der Waals surface area contributed by atoms with Gasteiger partial charge in [-0.3, -0.25) is 9.59 Å². The molecule has 2 saturated heterocycles. The average Bonchev–Trinajstić information content (AvgIpc) is 2.67. The second-order valence-corrected chi connectivity index (χ2v) is 3.63. The topological polar surface area (TPSA) is 86.7 Å². The van der Waals surface area contributed by atoms with E-state index in [2.05, 4.69) is 9.47 Å². The summed E-state index contributed by atoms with van der Waals surface area (Å²) in [4.78, 5) is 44.9. The highest BCUT2D eigenvalue weighted by Gasteiger charge is 2.48. The van der Waals surface area contributed by atoms with Crippen molar-refractivity contribution >= 4 is 23.9 Å². The predicted octanol–water partition coefficient (Wildman–Crippen LogP) is -0.748. The minimum absolute atomic E-state index is 0.0397. The largest absolute Gasteiger partial charge is 0.392 e. The number of carbonyl (C=O) groups excluding carboxylic acids is 4. The Morgan fingerprint density at radius 3 is 1.62 bits per heavy atom. The lowest BCUT2D eigenvalue weighted by Gasteiger charge is -2.11. The Balaban J connectivity index is 2.13. The highest BCUT2D eigenvalue weighted by molar-refractivity contribution is 6.19. The van der Waals surface area contributed by atoms with E-state index in [-0.39, 0.29) is 11.1 Å². The summed E-state index contributed by atoms with van der Waals surface area (Å²) >= 11 is 0. The molecule has 80 valence electrons. The first-order valence-electron chi connectivity index (χ1n) is 4.54. The van der Waals surface area contributed by atoms with Gasteiger partial charge in [0.05, 0.1) is 23.0 Å². The van der Waals surface area contributed by atoms with Crippen molar-refractivity contribution in [2.24, 2.45) is 11.8 Å². The fourth-order valence-corrected chi connectivity index (χ4v) is 1.96. The summed E-state index contributed by atoms with van der Waals surface area (Å²) in [6, 6.07) is 0. The Labute approximate surface area is 88.5 Å². The van der Waals surface area contributed by atoms with Gasteiger partial charge in [0, 0.05) is 0 Å². The Morgan fingerprint density at radius 2 is 1.19 bits per heavy atom. The maximum absolute atomic E-state index is 11.2. The zero-order valence-electron chi connectivity index (χ0n) is 7.76. The predicted molar refractivity (Wildman–Crippen MR) is 45.3 cm³/mol. The molecule has 2 unspecified atom stereocenters. The number of hydrogen-bond acceptors (Lipinski definition) is 6. The van der Waals surface area contributed by atoms with Crippen LogP contribution in [0.1, 0.15) is 0 Å². The first kappa shape index (κ1) is 9.02. The lowest BCUT2D eigenvalue weighted by molar-refractivity contribution is -0.153. The molecule has 2 heterocycles. The molecule has 0 N–H and O–H groups in total. The summed E-state index contributed by atoms with van der Waals surface area (Å²) in [5.74, 6) is -4.62. The van der Waals surface area contributed by atoms with Crippen molar-refractivity contribution in [3.63, 3.8) is 0 Å². The van der Waals surface area contributed by atoms with Gasteiger partial charge in [0.1, 0.15) is 0 Å². The van der Waals surface area contributed by atoms with E-state index in [1.165, 1.54) is 12.2 Å². The van der Waals surface area contributed by atoms with Crippen LogP contribution in [0.15, 0.2) is 23.3 Å². The number of carbonyl (C=O) groups is 4. The maximum Gasteiger partial charge on any atom is 0.346 e. The number of ether oxygens (including phenoxy) is 2. The number of fused-ring (bicyclic) bond motifs is 2. The molecular weight excluding hydrogens is 216 g/mol. The van der Waals surface area contributed by atoms with Crippen LogP contribution in [0, 0.1) is 11.8 Å². The zero-order chi connectivity index (χ0) is 11.4. The standard InChI is InChI=1S/C10H4O6/c11-7-3-1-4-6(10(14)16-8(4)12)2-5(3)9(13)15-7/h1-3,5H. The van der Waals surface area contributed by atoms with Gasteiger partial charge < -0.3 is 9.47 Å². The summed E-state index contributed by atoms with van der Waals surface area (Å²) < 4.78 is 8.78. The van der Waals surface area contributed by atoms with Crippen LogP contribution in [-0.2, 0) is 28.7 Å². The van der Waals surface area contributed by atoms with Crippen molar-refractivity contribution in [1.29, 1.82) is 0 Å². The van der Waals surface area contributed by atoms with E-state index >= 15 is 0 Å². The molecule has 0 aromatic rings. The molecule has 2 fully saturated rings. The second kappa shape index (κ2) is 2.66. The van der Waals surface area contributed by atoms with E-state index in [1.54, 1.807) is 0 Å². The highest BCUT2D eigenvalue weighted by atomic mass is 16.6. The number of cyclic esters (lactones) is 4. The Morgan fingerprint density at radius 1 is 0.750 bits per heavy atom. The number of esters is 4. The van der Waals surface area contributed by atoms with Crippen LogP contribution in [0.25, 0.3) is 0 Å².